The molecular weight excluding hydrogens is 429 g/mol. The number of carbonyl (C=O) groups is 1. The zero-order valence-electron chi connectivity index (χ0n) is 16.1. The van der Waals surface area contributed by atoms with Gasteiger partial charge >= 0.3 is 5.69 Å². The Labute approximate surface area is 176 Å². The van der Waals surface area contributed by atoms with Crippen molar-refractivity contribution in [2.24, 2.45) is 5.73 Å². The van der Waals surface area contributed by atoms with Crippen LogP contribution in [0.3, 0.4) is 0 Å². The number of hydrogen-bond acceptors (Lipinski definition) is 6. The van der Waals surface area contributed by atoms with Gasteiger partial charge in [0.1, 0.15) is 11.6 Å². The zero-order chi connectivity index (χ0) is 22.8. The van der Waals surface area contributed by atoms with E-state index in [2.05, 4.69) is 0 Å². The number of rotatable bonds is 7. The van der Waals surface area contributed by atoms with Crippen LogP contribution in [0.5, 0.6) is 11.5 Å². The molecule has 9 nitrogen and oxygen atoms in total. The molecule has 0 atom stereocenters. The van der Waals surface area contributed by atoms with Crippen LogP contribution in [0.1, 0.15) is 10.4 Å². The number of benzene rings is 3. The van der Waals surface area contributed by atoms with Crippen molar-refractivity contribution in [3.05, 3.63) is 88.2 Å². The van der Waals surface area contributed by atoms with E-state index in [4.69, 9.17) is 10.5 Å². The van der Waals surface area contributed by atoms with Gasteiger partial charge in [0.15, 0.2) is 0 Å². The summed E-state index contributed by atoms with van der Waals surface area (Å²) in [7, 11) is -2.58. The molecule has 0 aliphatic heterocycles. The van der Waals surface area contributed by atoms with Crippen LogP contribution in [0.15, 0.2) is 71.6 Å². The number of anilines is 1. The molecule has 0 aromatic heterocycles. The van der Waals surface area contributed by atoms with E-state index in [1.54, 1.807) is 0 Å². The summed E-state index contributed by atoms with van der Waals surface area (Å²) in [5.41, 5.74) is 4.94. The van der Waals surface area contributed by atoms with E-state index in [-0.39, 0.29) is 27.6 Å². The zero-order valence-corrected chi connectivity index (χ0v) is 16.9. The molecular formula is C20H16FN3O6S. The van der Waals surface area contributed by atoms with Crippen molar-refractivity contribution in [3.63, 3.8) is 0 Å². The quantitative estimate of drug-likeness (QED) is 0.437. The first-order valence-corrected chi connectivity index (χ1v) is 10.1. The predicted octanol–water partition coefficient (Wildman–Crippen LogP) is 3.45. The Balaban J connectivity index is 1.84. The van der Waals surface area contributed by atoms with Crippen LogP contribution < -0.4 is 14.8 Å². The third-order valence-corrected chi connectivity index (χ3v) is 6.14. The highest BCUT2D eigenvalue weighted by atomic mass is 32.2. The highest BCUT2D eigenvalue weighted by Gasteiger charge is 2.22. The topological polar surface area (TPSA) is 133 Å². The van der Waals surface area contributed by atoms with E-state index in [1.807, 2.05) is 0 Å². The number of hydrogen-bond donors (Lipinski definition) is 1. The summed E-state index contributed by atoms with van der Waals surface area (Å²) in [6, 6.07) is 13.7. The summed E-state index contributed by atoms with van der Waals surface area (Å²) in [6.45, 7) is 0. The molecule has 0 saturated carbocycles. The molecule has 0 unspecified atom stereocenters. The molecule has 0 saturated heterocycles. The Morgan fingerprint density at radius 1 is 1.06 bits per heavy atom. The van der Waals surface area contributed by atoms with Crippen LogP contribution in [0.25, 0.3) is 0 Å². The second-order valence-corrected chi connectivity index (χ2v) is 8.30. The van der Waals surface area contributed by atoms with Crippen molar-refractivity contribution in [3.8, 4) is 11.5 Å². The lowest BCUT2D eigenvalue weighted by Crippen LogP contribution is -2.26. The van der Waals surface area contributed by atoms with Crippen molar-refractivity contribution >= 4 is 27.3 Å². The molecule has 3 aromatic carbocycles. The van der Waals surface area contributed by atoms with Crippen LogP contribution >= 0.6 is 0 Å². The second-order valence-electron chi connectivity index (χ2n) is 6.33. The Kier molecular flexibility index (Phi) is 5.88. The number of halogens is 1. The number of nitro groups is 1. The Bertz CT molecular complexity index is 1240. The Morgan fingerprint density at radius 2 is 1.68 bits per heavy atom. The van der Waals surface area contributed by atoms with Gasteiger partial charge in [-0.25, -0.2) is 12.8 Å². The van der Waals surface area contributed by atoms with Crippen molar-refractivity contribution in [1.29, 1.82) is 0 Å². The SMILES string of the molecule is CN(c1ccc(Oc2ccc(C(N)=O)cc2[N+](=O)[O-])cc1)S(=O)(=O)c1ccc(F)cc1. The summed E-state index contributed by atoms with van der Waals surface area (Å²) < 4.78 is 45.0. The number of nitrogens with two attached hydrogens (primary N) is 1. The maximum absolute atomic E-state index is 13.1. The van der Waals surface area contributed by atoms with Gasteiger partial charge in [-0.15, -0.1) is 0 Å². The molecule has 3 rings (SSSR count). The maximum Gasteiger partial charge on any atom is 0.312 e. The fraction of sp³-hybridized carbons (Fsp3) is 0.0500. The smallest absolute Gasteiger partial charge is 0.312 e. The lowest BCUT2D eigenvalue weighted by atomic mass is 10.2. The van der Waals surface area contributed by atoms with Crippen molar-refractivity contribution < 1.29 is 27.3 Å². The van der Waals surface area contributed by atoms with Crippen LogP contribution in [0.4, 0.5) is 15.8 Å². The molecule has 0 heterocycles. The third kappa shape index (κ3) is 4.61. The minimum absolute atomic E-state index is 0.0398. The highest BCUT2D eigenvalue weighted by molar-refractivity contribution is 7.92. The summed E-state index contributed by atoms with van der Waals surface area (Å²) in [6.07, 6.45) is 0. The molecule has 0 fully saturated rings. The van der Waals surface area contributed by atoms with Gasteiger partial charge < -0.3 is 10.5 Å². The van der Waals surface area contributed by atoms with E-state index in [9.17, 15) is 27.7 Å². The van der Waals surface area contributed by atoms with Crippen molar-refractivity contribution in [2.45, 2.75) is 4.90 Å². The molecule has 0 spiro atoms. The first kappa shape index (κ1) is 21.7. The minimum Gasteiger partial charge on any atom is -0.450 e. The van der Waals surface area contributed by atoms with Crippen LogP contribution in [0.2, 0.25) is 0 Å². The van der Waals surface area contributed by atoms with Gasteiger partial charge in [-0.1, -0.05) is 0 Å². The van der Waals surface area contributed by atoms with Gasteiger partial charge in [0.05, 0.1) is 15.5 Å². The first-order chi connectivity index (χ1) is 14.6. The summed E-state index contributed by atoms with van der Waals surface area (Å²) in [4.78, 5) is 21.7. The number of sulfonamides is 1. The molecule has 11 heteroatoms. The van der Waals surface area contributed by atoms with E-state index >= 15 is 0 Å². The molecule has 2 N–H and O–H groups in total. The molecule has 160 valence electrons. The second kappa shape index (κ2) is 8.40. The maximum atomic E-state index is 13.1. The van der Waals surface area contributed by atoms with Crippen LogP contribution in [-0.2, 0) is 10.0 Å². The fourth-order valence-electron chi connectivity index (χ4n) is 2.65. The molecule has 0 aliphatic carbocycles. The van der Waals surface area contributed by atoms with Gasteiger partial charge in [-0.3, -0.25) is 19.2 Å². The van der Waals surface area contributed by atoms with Gasteiger partial charge in [0.25, 0.3) is 10.0 Å². The number of nitro benzene ring substituents is 1. The van der Waals surface area contributed by atoms with Crippen LogP contribution in [0, 0.1) is 15.9 Å². The van der Waals surface area contributed by atoms with Gasteiger partial charge in [-0.05, 0) is 60.7 Å². The molecule has 31 heavy (non-hydrogen) atoms. The summed E-state index contributed by atoms with van der Waals surface area (Å²) in [5, 5.41) is 11.3. The predicted molar refractivity (Wildman–Crippen MR) is 110 cm³/mol. The summed E-state index contributed by atoms with van der Waals surface area (Å²) >= 11 is 0. The van der Waals surface area contributed by atoms with Gasteiger partial charge in [0.2, 0.25) is 11.7 Å². The largest absolute Gasteiger partial charge is 0.450 e. The van der Waals surface area contributed by atoms with Gasteiger partial charge in [-0.2, -0.15) is 0 Å². The monoisotopic (exact) mass is 445 g/mol. The highest BCUT2D eigenvalue weighted by Crippen LogP contribution is 2.33. The van der Waals surface area contributed by atoms with Crippen molar-refractivity contribution in [2.75, 3.05) is 11.4 Å². The molecule has 3 aromatic rings. The lowest BCUT2D eigenvalue weighted by Gasteiger charge is -2.20. The van der Waals surface area contributed by atoms with Crippen LogP contribution in [-0.4, -0.2) is 26.3 Å². The lowest BCUT2D eigenvalue weighted by molar-refractivity contribution is -0.385. The van der Waals surface area contributed by atoms with Gasteiger partial charge in [0, 0.05) is 18.7 Å². The number of ether oxygens (including phenoxy) is 1. The molecule has 0 aliphatic rings. The molecule has 0 radical (unpaired) electrons. The average Bonchev–Trinajstić information content (AvgIpc) is 2.74. The summed E-state index contributed by atoms with van der Waals surface area (Å²) in [5.74, 6) is -1.29. The van der Waals surface area contributed by atoms with E-state index in [0.29, 0.717) is 0 Å². The number of nitrogens with zero attached hydrogens (tertiary/aromatic N) is 2. The Morgan fingerprint density at radius 3 is 2.23 bits per heavy atom. The van der Waals surface area contributed by atoms with E-state index < -0.39 is 32.4 Å². The first-order valence-electron chi connectivity index (χ1n) is 8.70. The Hall–Kier alpha value is -3.99. The normalized spacial score (nSPS) is 11.0. The standard InChI is InChI=1S/C20H16FN3O6S/c1-23(31(28,29)17-9-3-14(21)4-10-17)15-5-7-16(8-6-15)30-19-11-2-13(20(22)25)12-18(19)24(26)27/h2-12H,1H3,(H2,22,25). The number of primary amides is 1. The van der Waals surface area contributed by atoms with E-state index in [0.717, 1.165) is 34.6 Å². The molecule has 1 amide bonds. The van der Waals surface area contributed by atoms with E-state index in [1.165, 1.54) is 43.4 Å². The van der Waals surface area contributed by atoms with Crippen molar-refractivity contribution in [1.82, 2.24) is 0 Å². The third-order valence-electron chi connectivity index (χ3n) is 4.34. The molecule has 0 bridgehead atoms. The minimum atomic E-state index is -3.92. The number of amides is 1. The fourth-order valence-corrected chi connectivity index (χ4v) is 3.85. The average molecular weight is 445 g/mol. The number of carbonyl (C=O) groups excluding carboxylic acids is 1.